The quantitative estimate of drug-likeness (QED) is 0.369. The predicted molar refractivity (Wildman–Crippen MR) is 121 cm³/mol. The molecule has 4 N–H and O–H groups in total. The molecule has 6 nitrogen and oxygen atoms in total. The lowest BCUT2D eigenvalue weighted by Gasteiger charge is -2.24. The minimum absolute atomic E-state index is 0.318. The molecule has 0 saturated heterocycles. The Hall–Kier alpha value is -3.11. The van der Waals surface area contributed by atoms with E-state index in [-0.39, 0.29) is 0 Å². The summed E-state index contributed by atoms with van der Waals surface area (Å²) in [6, 6.07) is 13.1. The van der Waals surface area contributed by atoms with Gasteiger partial charge in [-0.15, -0.1) is 0 Å². The zero-order valence-corrected chi connectivity index (χ0v) is 18.7. The first kappa shape index (κ1) is 21.6. The normalized spacial score (nSPS) is 11.2. The Morgan fingerprint density at radius 1 is 0.567 bits per heavy atom. The molecule has 0 saturated carbocycles. The first-order valence-electron chi connectivity index (χ1n) is 9.56. The van der Waals surface area contributed by atoms with Crippen molar-refractivity contribution in [2.75, 3.05) is 11.5 Å². The summed E-state index contributed by atoms with van der Waals surface area (Å²) in [7, 11) is -4.11. The van der Waals surface area contributed by atoms with Crippen LogP contribution in [0, 0.1) is 34.6 Å². The van der Waals surface area contributed by atoms with Crippen LogP contribution in [-0.2, 0) is 4.57 Å². The molecule has 3 aromatic carbocycles. The van der Waals surface area contributed by atoms with Crippen molar-refractivity contribution in [1.82, 2.24) is 0 Å². The second kappa shape index (κ2) is 8.33. The zero-order chi connectivity index (χ0) is 22.1. The largest absolute Gasteiger partial charge is 0.647 e. The van der Waals surface area contributed by atoms with Crippen LogP contribution in [0.1, 0.15) is 27.8 Å². The molecule has 0 aliphatic carbocycles. The Bertz CT molecular complexity index is 1030. The smallest absolute Gasteiger partial charge is 0.399 e. The lowest BCUT2D eigenvalue weighted by atomic mass is 9.94. The van der Waals surface area contributed by atoms with E-state index in [0.717, 1.165) is 22.3 Å². The van der Waals surface area contributed by atoms with E-state index in [2.05, 4.69) is 6.92 Å². The van der Waals surface area contributed by atoms with Gasteiger partial charge in [0.1, 0.15) is 17.2 Å². The Morgan fingerprint density at radius 2 is 0.900 bits per heavy atom. The number of phosphoric acid groups is 1. The number of phosphoric ester groups is 1. The van der Waals surface area contributed by atoms with E-state index in [1.807, 2.05) is 27.7 Å². The highest BCUT2D eigenvalue weighted by Crippen LogP contribution is 2.52. The first-order chi connectivity index (χ1) is 14.1. The molecule has 0 atom stereocenters. The van der Waals surface area contributed by atoms with E-state index >= 15 is 0 Å². The van der Waals surface area contributed by atoms with Gasteiger partial charge in [0, 0.05) is 11.4 Å². The third-order valence-corrected chi connectivity index (χ3v) is 6.60. The minimum Gasteiger partial charge on any atom is -0.399 e. The number of hydrogen-bond acceptors (Lipinski definition) is 6. The molecule has 3 rings (SSSR count). The van der Waals surface area contributed by atoms with E-state index in [4.69, 9.17) is 25.0 Å². The van der Waals surface area contributed by atoms with Gasteiger partial charge in [0.2, 0.25) is 0 Å². The summed E-state index contributed by atoms with van der Waals surface area (Å²) < 4.78 is 31.2. The van der Waals surface area contributed by atoms with Gasteiger partial charge in [-0.3, -0.25) is 0 Å². The molecule has 0 unspecified atom stereocenters. The highest BCUT2D eigenvalue weighted by atomic mass is 31.2. The van der Waals surface area contributed by atoms with Crippen LogP contribution in [0.5, 0.6) is 17.2 Å². The summed E-state index contributed by atoms with van der Waals surface area (Å²) in [6.07, 6.45) is 0. The monoisotopic (exact) mass is 426 g/mol. The topological polar surface area (TPSA) is 96.8 Å². The lowest BCUT2D eigenvalue weighted by molar-refractivity contribution is 0.297. The standard InChI is InChI=1S/C23H27N2O4P/c1-14-15(2)17(4)23(18(5)16(14)3)29-30(26,27-21-10-6-19(24)7-11-21)28-22-12-8-20(25)9-13-22/h6-13H,24-25H2,1-5H3. The molecule has 158 valence electrons. The summed E-state index contributed by atoms with van der Waals surface area (Å²) >= 11 is 0. The van der Waals surface area contributed by atoms with E-state index in [0.29, 0.717) is 28.6 Å². The zero-order valence-electron chi connectivity index (χ0n) is 17.9. The van der Waals surface area contributed by atoms with Crippen molar-refractivity contribution in [3.8, 4) is 17.2 Å². The third kappa shape index (κ3) is 4.55. The van der Waals surface area contributed by atoms with E-state index < -0.39 is 7.82 Å². The molecular formula is C23H27N2O4P. The van der Waals surface area contributed by atoms with Crippen LogP contribution in [-0.4, -0.2) is 0 Å². The van der Waals surface area contributed by atoms with Crippen LogP contribution >= 0.6 is 7.82 Å². The first-order valence-corrected chi connectivity index (χ1v) is 11.0. The van der Waals surface area contributed by atoms with Gasteiger partial charge in [-0.05, 0) is 111 Å². The van der Waals surface area contributed by atoms with Crippen LogP contribution < -0.4 is 25.0 Å². The third-order valence-electron chi connectivity index (χ3n) is 5.33. The lowest BCUT2D eigenvalue weighted by Crippen LogP contribution is -2.10. The summed E-state index contributed by atoms with van der Waals surface area (Å²) in [5, 5.41) is 0. The van der Waals surface area contributed by atoms with Crippen molar-refractivity contribution < 1.29 is 18.1 Å². The molecule has 30 heavy (non-hydrogen) atoms. The molecular weight excluding hydrogens is 399 g/mol. The van der Waals surface area contributed by atoms with Gasteiger partial charge < -0.3 is 25.0 Å². The summed E-state index contributed by atoms with van der Waals surface area (Å²) in [5.74, 6) is 1.13. The fraction of sp³-hybridized carbons (Fsp3) is 0.217. The number of anilines is 2. The van der Waals surface area contributed by atoms with Gasteiger partial charge in [0.05, 0.1) is 0 Å². The summed E-state index contributed by atoms with van der Waals surface area (Å²) in [5.41, 5.74) is 17.7. The molecule has 7 heteroatoms. The average Bonchev–Trinajstić information content (AvgIpc) is 2.72. The molecule has 0 aliphatic heterocycles. The number of hydrogen-bond donors (Lipinski definition) is 2. The highest BCUT2D eigenvalue weighted by Gasteiger charge is 2.35. The highest BCUT2D eigenvalue weighted by molar-refractivity contribution is 7.49. The molecule has 0 fully saturated rings. The molecule has 0 heterocycles. The van der Waals surface area contributed by atoms with E-state index in [1.54, 1.807) is 48.5 Å². The number of benzene rings is 3. The van der Waals surface area contributed by atoms with E-state index in [1.165, 1.54) is 5.56 Å². The Morgan fingerprint density at radius 3 is 1.27 bits per heavy atom. The van der Waals surface area contributed by atoms with Crippen molar-refractivity contribution in [3.05, 3.63) is 76.3 Å². The van der Waals surface area contributed by atoms with Crippen molar-refractivity contribution in [2.45, 2.75) is 34.6 Å². The molecule has 0 amide bonds. The molecule has 0 aromatic heterocycles. The predicted octanol–water partition coefficient (Wildman–Crippen LogP) is 6.04. The second-order valence-corrected chi connectivity index (χ2v) is 8.76. The number of nitrogens with two attached hydrogens (primary N) is 2. The maximum absolute atomic E-state index is 13.8. The second-order valence-electron chi connectivity index (χ2n) is 7.31. The Balaban J connectivity index is 2.04. The summed E-state index contributed by atoms with van der Waals surface area (Å²) in [4.78, 5) is 0. The summed E-state index contributed by atoms with van der Waals surface area (Å²) in [6.45, 7) is 9.94. The van der Waals surface area contributed by atoms with Crippen LogP contribution in [0.3, 0.4) is 0 Å². The fourth-order valence-corrected chi connectivity index (χ4v) is 4.45. The SMILES string of the molecule is Cc1c(C)c(C)c(OP(=O)(Oc2ccc(N)cc2)Oc2ccc(N)cc2)c(C)c1C. The van der Waals surface area contributed by atoms with Gasteiger partial charge in [-0.2, -0.15) is 4.57 Å². The molecule has 3 aromatic rings. The fourth-order valence-electron chi connectivity index (χ4n) is 3.09. The van der Waals surface area contributed by atoms with Crippen LogP contribution in [0.4, 0.5) is 11.4 Å². The van der Waals surface area contributed by atoms with Crippen LogP contribution in [0.15, 0.2) is 48.5 Å². The molecule has 0 radical (unpaired) electrons. The maximum Gasteiger partial charge on any atom is 0.647 e. The van der Waals surface area contributed by atoms with Crippen molar-refractivity contribution in [2.24, 2.45) is 0 Å². The molecule has 0 spiro atoms. The van der Waals surface area contributed by atoms with Gasteiger partial charge in [-0.25, -0.2) is 0 Å². The van der Waals surface area contributed by atoms with Gasteiger partial charge >= 0.3 is 7.82 Å². The van der Waals surface area contributed by atoms with Crippen LogP contribution in [0.25, 0.3) is 0 Å². The number of nitrogen functional groups attached to an aromatic ring is 2. The number of rotatable bonds is 6. The van der Waals surface area contributed by atoms with Crippen molar-refractivity contribution in [3.63, 3.8) is 0 Å². The Labute approximate surface area is 177 Å². The molecule has 0 aliphatic rings. The van der Waals surface area contributed by atoms with Crippen molar-refractivity contribution >= 4 is 19.2 Å². The minimum atomic E-state index is -4.11. The van der Waals surface area contributed by atoms with Gasteiger partial charge in [0.25, 0.3) is 0 Å². The average molecular weight is 426 g/mol. The van der Waals surface area contributed by atoms with Gasteiger partial charge in [-0.1, -0.05) is 0 Å². The Kier molecular flexibility index (Phi) is 5.99. The van der Waals surface area contributed by atoms with Gasteiger partial charge in [0.15, 0.2) is 0 Å². The maximum atomic E-state index is 13.8. The van der Waals surface area contributed by atoms with Crippen molar-refractivity contribution in [1.29, 1.82) is 0 Å². The van der Waals surface area contributed by atoms with Crippen LogP contribution in [0.2, 0.25) is 0 Å². The molecule has 0 bridgehead atoms. The van der Waals surface area contributed by atoms with E-state index in [9.17, 15) is 4.57 Å².